The van der Waals surface area contributed by atoms with E-state index in [0.717, 1.165) is 42.3 Å². The average Bonchev–Trinajstić information content (AvgIpc) is 2.71. The van der Waals surface area contributed by atoms with Gasteiger partial charge in [-0.1, -0.05) is 31.2 Å². The van der Waals surface area contributed by atoms with Gasteiger partial charge in [0.25, 0.3) is 0 Å². The predicted octanol–water partition coefficient (Wildman–Crippen LogP) is 4.18. The van der Waals surface area contributed by atoms with E-state index in [2.05, 4.69) is 41.4 Å². The Balaban J connectivity index is 1.43. The van der Waals surface area contributed by atoms with Gasteiger partial charge >= 0.3 is 0 Å². The molecule has 144 valence electrons. The van der Waals surface area contributed by atoms with Crippen LogP contribution in [0, 0.1) is 5.92 Å². The van der Waals surface area contributed by atoms with E-state index in [1.165, 1.54) is 18.5 Å². The van der Waals surface area contributed by atoms with Crippen molar-refractivity contribution in [3.8, 4) is 5.75 Å². The number of methoxy groups -OCH3 is 1. The Morgan fingerprint density at radius 1 is 1.11 bits per heavy atom. The number of hydrogen-bond donors (Lipinski definition) is 1. The molecular weight excluding hydrogens is 336 g/mol. The van der Waals surface area contributed by atoms with Crippen LogP contribution in [0.3, 0.4) is 0 Å². The number of ether oxygens (including phenoxy) is 1. The number of carbonyl (C=O) groups is 1. The molecule has 1 heterocycles. The van der Waals surface area contributed by atoms with Crippen LogP contribution in [-0.2, 0) is 17.8 Å². The van der Waals surface area contributed by atoms with Gasteiger partial charge in [-0.3, -0.25) is 4.79 Å². The van der Waals surface area contributed by atoms with Gasteiger partial charge in [0, 0.05) is 31.7 Å². The molecule has 1 amide bonds. The molecule has 2 aromatic rings. The van der Waals surface area contributed by atoms with E-state index in [9.17, 15) is 4.79 Å². The lowest BCUT2D eigenvalue weighted by atomic mass is 9.99. The first-order valence-corrected chi connectivity index (χ1v) is 9.87. The molecule has 1 unspecified atom stereocenters. The van der Waals surface area contributed by atoms with Crippen molar-refractivity contribution in [2.24, 2.45) is 5.92 Å². The van der Waals surface area contributed by atoms with E-state index in [1.54, 1.807) is 7.11 Å². The predicted molar refractivity (Wildman–Crippen MR) is 110 cm³/mol. The summed E-state index contributed by atoms with van der Waals surface area (Å²) < 4.78 is 5.15. The van der Waals surface area contributed by atoms with Gasteiger partial charge in [-0.2, -0.15) is 0 Å². The summed E-state index contributed by atoms with van der Waals surface area (Å²) in [6, 6.07) is 16.5. The highest BCUT2D eigenvalue weighted by Gasteiger charge is 2.16. The van der Waals surface area contributed by atoms with Gasteiger partial charge in [0.2, 0.25) is 5.91 Å². The van der Waals surface area contributed by atoms with Crippen molar-refractivity contribution < 1.29 is 9.53 Å². The maximum atomic E-state index is 12.1. The molecule has 0 bridgehead atoms. The summed E-state index contributed by atoms with van der Waals surface area (Å²) in [4.78, 5) is 14.6. The quantitative estimate of drug-likeness (QED) is 0.799. The third-order valence-electron chi connectivity index (χ3n) is 5.25. The Labute approximate surface area is 162 Å². The number of hydrogen-bond acceptors (Lipinski definition) is 3. The first-order valence-electron chi connectivity index (χ1n) is 9.87. The minimum Gasteiger partial charge on any atom is -0.497 e. The summed E-state index contributed by atoms with van der Waals surface area (Å²) >= 11 is 0. The molecule has 0 aromatic heterocycles. The topological polar surface area (TPSA) is 41.6 Å². The van der Waals surface area contributed by atoms with Crippen molar-refractivity contribution in [3.05, 3.63) is 59.7 Å². The lowest BCUT2D eigenvalue weighted by Gasteiger charge is -2.32. The van der Waals surface area contributed by atoms with Gasteiger partial charge in [-0.15, -0.1) is 0 Å². The van der Waals surface area contributed by atoms with Crippen LogP contribution >= 0.6 is 0 Å². The Morgan fingerprint density at radius 2 is 1.81 bits per heavy atom. The lowest BCUT2D eigenvalue weighted by molar-refractivity contribution is -0.121. The highest BCUT2D eigenvalue weighted by atomic mass is 16.5. The molecule has 0 spiro atoms. The smallest absolute Gasteiger partial charge is 0.220 e. The van der Waals surface area contributed by atoms with Crippen LogP contribution in [0.4, 0.5) is 5.69 Å². The molecule has 4 heteroatoms. The van der Waals surface area contributed by atoms with Crippen molar-refractivity contribution >= 4 is 11.6 Å². The first kappa shape index (κ1) is 19.3. The Morgan fingerprint density at radius 3 is 2.48 bits per heavy atom. The number of benzene rings is 2. The minimum absolute atomic E-state index is 0.0831. The molecule has 1 aliphatic rings. The van der Waals surface area contributed by atoms with Crippen LogP contribution < -0.4 is 15.0 Å². The third-order valence-corrected chi connectivity index (χ3v) is 5.25. The van der Waals surface area contributed by atoms with E-state index >= 15 is 0 Å². The van der Waals surface area contributed by atoms with Crippen molar-refractivity contribution in [2.45, 2.75) is 39.2 Å². The zero-order chi connectivity index (χ0) is 19.1. The fraction of sp³-hybridized carbons (Fsp3) is 0.435. The molecule has 3 rings (SSSR count). The Kier molecular flexibility index (Phi) is 6.74. The maximum absolute atomic E-state index is 12.1. The van der Waals surface area contributed by atoms with Crippen LogP contribution in [0.25, 0.3) is 0 Å². The van der Waals surface area contributed by atoms with Crippen LogP contribution in [0.15, 0.2) is 48.5 Å². The van der Waals surface area contributed by atoms with Crippen LogP contribution in [-0.4, -0.2) is 26.1 Å². The second-order valence-corrected chi connectivity index (χ2v) is 7.48. The van der Waals surface area contributed by atoms with Gasteiger partial charge < -0.3 is 15.0 Å². The largest absolute Gasteiger partial charge is 0.497 e. The molecule has 2 aromatic carbocycles. The molecule has 1 atom stereocenters. The summed E-state index contributed by atoms with van der Waals surface area (Å²) in [5, 5.41) is 3.02. The van der Waals surface area contributed by atoms with Crippen molar-refractivity contribution in [2.75, 3.05) is 25.1 Å². The molecule has 1 saturated heterocycles. The molecule has 1 N–H and O–H groups in total. The molecule has 4 nitrogen and oxygen atoms in total. The normalized spacial score (nSPS) is 16.8. The number of nitrogens with one attached hydrogen (secondary N) is 1. The van der Waals surface area contributed by atoms with E-state index in [4.69, 9.17) is 4.74 Å². The zero-order valence-corrected chi connectivity index (χ0v) is 16.4. The summed E-state index contributed by atoms with van der Waals surface area (Å²) in [6.45, 7) is 5.19. The summed E-state index contributed by atoms with van der Waals surface area (Å²) in [5.74, 6) is 1.69. The molecule has 0 aliphatic carbocycles. The zero-order valence-electron chi connectivity index (χ0n) is 16.4. The second kappa shape index (κ2) is 9.45. The number of amides is 1. The summed E-state index contributed by atoms with van der Waals surface area (Å²) in [7, 11) is 1.65. The van der Waals surface area contributed by atoms with E-state index < -0.39 is 0 Å². The Hall–Kier alpha value is -2.49. The fourth-order valence-electron chi connectivity index (χ4n) is 3.59. The van der Waals surface area contributed by atoms with Gasteiger partial charge in [-0.25, -0.2) is 0 Å². The third kappa shape index (κ3) is 5.75. The van der Waals surface area contributed by atoms with Crippen LogP contribution in [0.5, 0.6) is 5.75 Å². The molecule has 0 radical (unpaired) electrons. The van der Waals surface area contributed by atoms with Gasteiger partial charge in [0.15, 0.2) is 0 Å². The number of nitrogens with zero attached hydrogens (tertiary/aromatic N) is 1. The maximum Gasteiger partial charge on any atom is 0.220 e. The van der Waals surface area contributed by atoms with Crippen molar-refractivity contribution in [3.63, 3.8) is 0 Å². The summed E-state index contributed by atoms with van der Waals surface area (Å²) in [6.07, 6.45) is 3.84. The highest BCUT2D eigenvalue weighted by molar-refractivity contribution is 5.76. The Bertz CT molecular complexity index is 725. The average molecular weight is 367 g/mol. The molecule has 0 saturated carbocycles. The number of aryl methyl sites for hydroxylation is 1. The van der Waals surface area contributed by atoms with E-state index in [1.807, 2.05) is 24.3 Å². The van der Waals surface area contributed by atoms with E-state index in [-0.39, 0.29) is 5.91 Å². The fourth-order valence-corrected chi connectivity index (χ4v) is 3.59. The van der Waals surface area contributed by atoms with Crippen LogP contribution in [0.2, 0.25) is 0 Å². The van der Waals surface area contributed by atoms with Crippen LogP contribution in [0.1, 0.15) is 37.3 Å². The molecule has 1 fully saturated rings. The second-order valence-electron chi connectivity index (χ2n) is 7.48. The standard InChI is InChI=1S/C23H30N2O2/c1-18-4-3-15-25(17-18)21-10-5-20(6-11-21)16-24-23(26)14-9-19-7-12-22(27-2)13-8-19/h5-8,10-13,18H,3-4,9,14-17H2,1-2H3,(H,24,26). The monoisotopic (exact) mass is 366 g/mol. The minimum atomic E-state index is 0.0831. The van der Waals surface area contributed by atoms with Crippen molar-refractivity contribution in [1.82, 2.24) is 5.32 Å². The first-order chi connectivity index (χ1) is 13.1. The van der Waals surface area contributed by atoms with Gasteiger partial charge in [-0.05, 0) is 60.6 Å². The summed E-state index contributed by atoms with van der Waals surface area (Å²) in [5.41, 5.74) is 3.57. The number of anilines is 1. The molecular formula is C23H30N2O2. The number of rotatable bonds is 7. The van der Waals surface area contributed by atoms with Gasteiger partial charge in [0.05, 0.1) is 7.11 Å². The van der Waals surface area contributed by atoms with Gasteiger partial charge in [0.1, 0.15) is 5.75 Å². The molecule has 1 aliphatic heterocycles. The lowest BCUT2D eigenvalue weighted by Crippen LogP contribution is -2.34. The number of piperidine rings is 1. The SMILES string of the molecule is COc1ccc(CCC(=O)NCc2ccc(N3CCCC(C)C3)cc2)cc1. The van der Waals surface area contributed by atoms with Crippen molar-refractivity contribution in [1.29, 1.82) is 0 Å². The number of carbonyl (C=O) groups excluding carboxylic acids is 1. The highest BCUT2D eigenvalue weighted by Crippen LogP contribution is 2.23. The molecule has 27 heavy (non-hydrogen) atoms. The van der Waals surface area contributed by atoms with E-state index in [0.29, 0.717) is 13.0 Å².